The largest absolute Gasteiger partial charge is 0.299 e. The van der Waals surface area contributed by atoms with Gasteiger partial charge in [-0.25, -0.2) is 0 Å². The summed E-state index contributed by atoms with van der Waals surface area (Å²) in [7, 11) is 0. The number of halogens is 1. The van der Waals surface area contributed by atoms with Gasteiger partial charge in [0.2, 0.25) is 0 Å². The zero-order valence-electron chi connectivity index (χ0n) is 7.76. The molecule has 3 heteroatoms. The van der Waals surface area contributed by atoms with Crippen LogP contribution < -0.4 is 0 Å². The number of likely N-dealkylation sites (tertiary alicyclic amines) is 1. The number of alkyl halides is 1. The van der Waals surface area contributed by atoms with Gasteiger partial charge in [-0.15, -0.1) is 0 Å². The lowest BCUT2D eigenvalue weighted by Crippen LogP contribution is -2.41. The molecule has 1 atom stereocenters. The van der Waals surface area contributed by atoms with Crippen LogP contribution in [0.5, 0.6) is 0 Å². The van der Waals surface area contributed by atoms with E-state index in [0.29, 0.717) is 0 Å². The van der Waals surface area contributed by atoms with Crippen LogP contribution in [-0.2, 0) is 0 Å². The summed E-state index contributed by atoms with van der Waals surface area (Å²) in [5.74, 6) is 1.28. The quantitative estimate of drug-likeness (QED) is 0.707. The molecule has 1 nitrogen and oxygen atoms in total. The van der Waals surface area contributed by atoms with E-state index in [1.54, 1.807) is 0 Å². The van der Waals surface area contributed by atoms with Crippen molar-refractivity contribution in [2.75, 3.05) is 30.4 Å². The highest BCUT2D eigenvalue weighted by molar-refractivity contribution is 9.09. The minimum absolute atomic E-state index is 0.811. The van der Waals surface area contributed by atoms with E-state index in [4.69, 9.17) is 0 Å². The van der Waals surface area contributed by atoms with Crippen LogP contribution in [0, 0.1) is 0 Å². The molecule has 1 unspecified atom stereocenters. The van der Waals surface area contributed by atoms with Crippen molar-refractivity contribution in [3.8, 4) is 0 Å². The third kappa shape index (κ3) is 3.27. The molecule has 0 bridgehead atoms. The summed E-state index contributed by atoms with van der Waals surface area (Å²) in [6.45, 7) is 2.59. The number of rotatable bonds is 4. The highest BCUT2D eigenvalue weighted by Crippen LogP contribution is 2.18. The van der Waals surface area contributed by atoms with Gasteiger partial charge in [-0.2, -0.15) is 11.8 Å². The molecule has 0 spiro atoms. The van der Waals surface area contributed by atoms with E-state index in [1.807, 2.05) is 11.8 Å². The summed E-state index contributed by atoms with van der Waals surface area (Å²) < 4.78 is 0. The molecule has 0 amide bonds. The van der Waals surface area contributed by atoms with Gasteiger partial charge in [-0.3, -0.25) is 4.90 Å². The summed E-state index contributed by atoms with van der Waals surface area (Å²) in [6, 6.07) is 0.811. The van der Waals surface area contributed by atoms with Gasteiger partial charge in [0.25, 0.3) is 0 Å². The maximum absolute atomic E-state index is 3.59. The van der Waals surface area contributed by atoms with E-state index >= 15 is 0 Å². The number of hydrogen-bond acceptors (Lipinski definition) is 2. The molecule has 0 aromatic heterocycles. The summed E-state index contributed by atoms with van der Waals surface area (Å²) in [5, 5.41) is 1.15. The van der Waals surface area contributed by atoms with Crippen LogP contribution >= 0.6 is 27.7 Å². The zero-order valence-corrected chi connectivity index (χ0v) is 10.2. The highest BCUT2D eigenvalue weighted by Gasteiger charge is 2.20. The van der Waals surface area contributed by atoms with Crippen molar-refractivity contribution in [1.82, 2.24) is 4.90 Å². The van der Waals surface area contributed by atoms with E-state index in [-0.39, 0.29) is 0 Å². The normalized spacial score (nSPS) is 26.0. The van der Waals surface area contributed by atoms with Crippen molar-refractivity contribution in [3.05, 3.63) is 0 Å². The summed E-state index contributed by atoms with van der Waals surface area (Å²) in [4.78, 5) is 2.63. The van der Waals surface area contributed by atoms with E-state index in [2.05, 4.69) is 27.1 Å². The van der Waals surface area contributed by atoms with Crippen LogP contribution in [0.25, 0.3) is 0 Å². The van der Waals surface area contributed by atoms with Crippen molar-refractivity contribution in [2.24, 2.45) is 0 Å². The second-order valence-electron chi connectivity index (χ2n) is 3.33. The second-order valence-corrected chi connectivity index (χ2v) is 4.97. The molecular formula is C9H18BrNS. The maximum atomic E-state index is 3.59. The second kappa shape index (κ2) is 6.28. The lowest BCUT2D eigenvalue weighted by molar-refractivity contribution is 0.175. The van der Waals surface area contributed by atoms with Crippen molar-refractivity contribution in [3.63, 3.8) is 0 Å². The molecule has 12 heavy (non-hydrogen) atoms. The summed E-state index contributed by atoms with van der Waals surface area (Å²) in [6.07, 6.45) is 6.40. The molecule has 0 N–H and O–H groups in total. The van der Waals surface area contributed by atoms with Gasteiger partial charge in [0, 0.05) is 23.7 Å². The zero-order chi connectivity index (χ0) is 8.81. The Hall–Kier alpha value is 0.790. The van der Waals surface area contributed by atoms with E-state index < -0.39 is 0 Å². The first-order valence-corrected chi connectivity index (χ1v) is 7.19. The van der Waals surface area contributed by atoms with E-state index in [9.17, 15) is 0 Å². The molecule has 0 aliphatic carbocycles. The Labute approximate surface area is 88.4 Å². The first kappa shape index (κ1) is 10.9. The van der Waals surface area contributed by atoms with Crippen molar-refractivity contribution in [2.45, 2.75) is 25.3 Å². The number of nitrogens with zero attached hydrogens (tertiary/aromatic N) is 1. The van der Waals surface area contributed by atoms with Gasteiger partial charge < -0.3 is 0 Å². The Morgan fingerprint density at radius 2 is 2.33 bits per heavy atom. The molecule has 0 aromatic rings. The third-order valence-electron chi connectivity index (χ3n) is 2.51. The van der Waals surface area contributed by atoms with Crippen LogP contribution in [0.1, 0.15) is 19.3 Å². The van der Waals surface area contributed by atoms with Crippen molar-refractivity contribution in [1.29, 1.82) is 0 Å². The van der Waals surface area contributed by atoms with Crippen LogP contribution in [0.2, 0.25) is 0 Å². The number of hydrogen-bond donors (Lipinski definition) is 0. The predicted molar refractivity (Wildman–Crippen MR) is 61.4 cm³/mol. The minimum Gasteiger partial charge on any atom is -0.299 e. The SMILES string of the molecule is CSCCN1CCCCC1CBr. The molecule has 1 fully saturated rings. The third-order valence-corrected chi connectivity index (χ3v) is 3.85. The fourth-order valence-corrected chi connectivity index (χ4v) is 2.89. The molecule has 0 aromatic carbocycles. The van der Waals surface area contributed by atoms with Gasteiger partial charge >= 0.3 is 0 Å². The van der Waals surface area contributed by atoms with Gasteiger partial charge in [0.1, 0.15) is 0 Å². The van der Waals surface area contributed by atoms with Crippen LogP contribution in [0.15, 0.2) is 0 Å². The minimum atomic E-state index is 0.811. The molecule has 1 rings (SSSR count). The Kier molecular flexibility index (Phi) is 5.68. The predicted octanol–water partition coefficient (Wildman–Crippen LogP) is 2.60. The molecule has 0 saturated carbocycles. The summed E-state index contributed by atoms with van der Waals surface area (Å²) >= 11 is 5.55. The number of piperidine rings is 1. The summed E-state index contributed by atoms with van der Waals surface area (Å²) in [5.41, 5.74) is 0. The molecular weight excluding hydrogens is 234 g/mol. The lowest BCUT2D eigenvalue weighted by Gasteiger charge is -2.34. The number of thioether (sulfide) groups is 1. The Balaban J connectivity index is 2.26. The first-order chi connectivity index (χ1) is 5.88. The average molecular weight is 252 g/mol. The molecule has 1 saturated heterocycles. The smallest absolute Gasteiger partial charge is 0.0193 e. The Morgan fingerprint density at radius 3 is 3.00 bits per heavy atom. The van der Waals surface area contributed by atoms with E-state index in [0.717, 1.165) is 11.4 Å². The molecule has 72 valence electrons. The van der Waals surface area contributed by atoms with Crippen LogP contribution in [0.4, 0.5) is 0 Å². The van der Waals surface area contributed by atoms with Crippen LogP contribution in [-0.4, -0.2) is 41.4 Å². The fourth-order valence-electron chi connectivity index (χ4n) is 1.74. The van der Waals surface area contributed by atoms with Gasteiger partial charge in [0.15, 0.2) is 0 Å². The average Bonchev–Trinajstić information content (AvgIpc) is 2.15. The molecule has 1 heterocycles. The van der Waals surface area contributed by atoms with Gasteiger partial charge in [-0.05, 0) is 25.6 Å². The molecule has 1 aliphatic heterocycles. The monoisotopic (exact) mass is 251 g/mol. The van der Waals surface area contributed by atoms with E-state index in [1.165, 1.54) is 38.1 Å². The van der Waals surface area contributed by atoms with Crippen molar-refractivity contribution < 1.29 is 0 Å². The van der Waals surface area contributed by atoms with Gasteiger partial charge in [-0.1, -0.05) is 22.4 Å². The van der Waals surface area contributed by atoms with Crippen molar-refractivity contribution >= 4 is 27.7 Å². The Morgan fingerprint density at radius 1 is 1.50 bits per heavy atom. The first-order valence-electron chi connectivity index (χ1n) is 4.67. The standard InChI is InChI=1S/C9H18BrNS/c1-12-7-6-11-5-3-2-4-9(11)8-10/h9H,2-8H2,1H3. The topological polar surface area (TPSA) is 3.24 Å². The van der Waals surface area contributed by atoms with Gasteiger partial charge in [0.05, 0.1) is 0 Å². The molecule has 0 radical (unpaired) electrons. The lowest BCUT2D eigenvalue weighted by atomic mass is 10.0. The fraction of sp³-hybridized carbons (Fsp3) is 1.00. The van der Waals surface area contributed by atoms with Crippen LogP contribution in [0.3, 0.4) is 0 Å². The molecule has 1 aliphatic rings. The highest BCUT2D eigenvalue weighted by atomic mass is 79.9. The maximum Gasteiger partial charge on any atom is 0.0193 e. The Bertz CT molecular complexity index is 121.